The second-order valence-electron chi connectivity index (χ2n) is 4.92. The first-order chi connectivity index (χ1) is 11.1. The molecule has 0 fully saturated rings. The van der Waals surface area contributed by atoms with Crippen LogP contribution >= 0.6 is 0 Å². The number of nitrogens with zero attached hydrogens (tertiary/aromatic N) is 3. The van der Waals surface area contributed by atoms with Crippen molar-refractivity contribution in [1.82, 2.24) is 14.7 Å². The zero-order valence-corrected chi connectivity index (χ0v) is 12.3. The van der Waals surface area contributed by atoms with Gasteiger partial charge < -0.3 is 10.6 Å². The van der Waals surface area contributed by atoms with Gasteiger partial charge in [-0.2, -0.15) is 18.3 Å². The summed E-state index contributed by atoms with van der Waals surface area (Å²) in [6, 6.07) is 4.13. The molecule has 24 heavy (non-hydrogen) atoms. The third kappa shape index (κ3) is 3.53. The number of carbonyl (C=O) groups excluding carboxylic acids is 2. The van der Waals surface area contributed by atoms with Crippen LogP contribution in [0.25, 0.3) is 5.69 Å². The van der Waals surface area contributed by atoms with Crippen LogP contribution in [-0.4, -0.2) is 40.1 Å². The molecule has 0 unspecified atom stereocenters. The van der Waals surface area contributed by atoms with E-state index < -0.39 is 41.6 Å². The van der Waals surface area contributed by atoms with Gasteiger partial charge in [0.15, 0.2) is 5.69 Å². The van der Waals surface area contributed by atoms with Gasteiger partial charge in [0.2, 0.25) is 5.91 Å². The summed E-state index contributed by atoms with van der Waals surface area (Å²) in [5.74, 6) is -2.56. The lowest BCUT2D eigenvalue weighted by atomic mass is 10.2. The lowest BCUT2D eigenvalue weighted by molar-refractivity contribution is -0.143. The van der Waals surface area contributed by atoms with E-state index in [2.05, 4.69) is 5.10 Å². The molecule has 0 atom stereocenters. The minimum Gasteiger partial charge on any atom is -0.368 e. The van der Waals surface area contributed by atoms with Gasteiger partial charge in [0.1, 0.15) is 5.82 Å². The van der Waals surface area contributed by atoms with Crippen molar-refractivity contribution < 1.29 is 27.2 Å². The van der Waals surface area contributed by atoms with Gasteiger partial charge in [0, 0.05) is 7.05 Å². The number of hydrogen-bond acceptors (Lipinski definition) is 3. The molecule has 0 aliphatic carbocycles. The van der Waals surface area contributed by atoms with E-state index in [-0.39, 0.29) is 5.69 Å². The summed E-state index contributed by atoms with van der Waals surface area (Å²) in [6.45, 7) is -0.544. The summed E-state index contributed by atoms with van der Waals surface area (Å²) >= 11 is 0. The lowest BCUT2D eigenvalue weighted by Gasteiger charge is -2.17. The predicted octanol–water partition coefficient (Wildman–Crippen LogP) is 1.59. The highest BCUT2D eigenvalue weighted by Crippen LogP contribution is 2.34. The van der Waals surface area contributed by atoms with E-state index in [1.807, 2.05) is 0 Å². The molecule has 1 heterocycles. The highest BCUT2D eigenvalue weighted by molar-refractivity contribution is 5.97. The molecule has 0 aliphatic heterocycles. The SMILES string of the molecule is CN(CC(N)=O)C(=O)c1cnn(-c2ccc(F)cc2)c1C(F)(F)F. The molecule has 0 aliphatic rings. The lowest BCUT2D eigenvalue weighted by Crippen LogP contribution is -2.36. The fourth-order valence-corrected chi connectivity index (χ4v) is 2.07. The van der Waals surface area contributed by atoms with E-state index in [0.29, 0.717) is 4.68 Å². The van der Waals surface area contributed by atoms with Crippen molar-refractivity contribution in [2.45, 2.75) is 6.18 Å². The normalized spacial score (nSPS) is 11.4. The maximum Gasteiger partial charge on any atom is 0.434 e. The molecule has 2 N–H and O–H groups in total. The van der Waals surface area contributed by atoms with Crippen LogP contribution in [-0.2, 0) is 11.0 Å². The fraction of sp³-hybridized carbons (Fsp3) is 0.214. The van der Waals surface area contributed by atoms with E-state index in [9.17, 15) is 27.2 Å². The molecular weight excluding hydrogens is 332 g/mol. The van der Waals surface area contributed by atoms with Crippen LogP contribution in [0.15, 0.2) is 30.5 Å². The number of likely N-dealkylation sites (N-methyl/N-ethyl adjacent to an activating group) is 1. The average Bonchev–Trinajstić information content (AvgIpc) is 2.91. The number of hydrogen-bond donors (Lipinski definition) is 1. The monoisotopic (exact) mass is 344 g/mol. The van der Waals surface area contributed by atoms with Gasteiger partial charge in [-0.25, -0.2) is 9.07 Å². The molecular formula is C14H12F4N4O2. The third-order valence-corrected chi connectivity index (χ3v) is 3.08. The van der Waals surface area contributed by atoms with Crippen molar-refractivity contribution in [3.05, 3.63) is 47.5 Å². The largest absolute Gasteiger partial charge is 0.434 e. The first-order valence-corrected chi connectivity index (χ1v) is 6.56. The van der Waals surface area contributed by atoms with Crippen LogP contribution in [0.4, 0.5) is 17.6 Å². The second kappa shape index (κ2) is 6.30. The van der Waals surface area contributed by atoms with Gasteiger partial charge in [-0.1, -0.05) is 0 Å². The standard InChI is InChI=1S/C14H12F4N4O2/c1-21(7-11(19)23)13(24)10-6-20-22(12(10)14(16,17)18)9-4-2-8(15)3-5-9/h2-6H,7H2,1H3,(H2,19,23). The van der Waals surface area contributed by atoms with Crippen molar-refractivity contribution in [3.63, 3.8) is 0 Å². The van der Waals surface area contributed by atoms with E-state index in [0.717, 1.165) is 42.4 Å². The third-order valence-electron chi connectivity index (χ3n) is 3.08. The second-order valence-corrected chi connectivity index (χ2v) is 4.92. The Kier molecular flexibility index (Phi) is 4.58. The van der Waals surface area contributed by atoms with Gasteiger partial charge in [-0.3, -0.25) is 9.59 Å². The van der Waals surface area contributed by atoms with Gasteiger partial charge in [-0.05, 0) is 24.3 Å². The first-order valence-electron chi connectivity index (χ1n) is 6.56. The summed E-state index contributed by atoms with van der Waals surface area (Å²) in [4.78, 5) is 23.7. The topological polar surface area (TPSA) is 81.2 Å². The Balaban J connectivity index is 2.53. The smallest absolute Gasteiger partial charge is 0.368 e. The van der Waals surface area contributed by atoms with Crippen molar-refractivity contribution in [3.8, 4) is 5.69 Å². The summed E-state index contributed by atoms with van der Waals surface area (Å²) in [7, 11) is 1.14. The molecule has 0 saturated heterocycles. The Morgan fingerprint density at radius 3 is 2.33 bits per heavy atom. The van der Waals surface area contributed by atoms with Crippen molar-refractivity contribution >= 4 is 11.8 Å². The predicted molar refractivity (Wildman–Crippen MR) is 74.7 cm³/mol. The number of carbonyl (C=O) groups is 2. The first kappa shape index (κ1) is 17.4. The molecule has 2 aromatic rings. The van der Waals surface area contributed by atoms with Gasteiger partial charge in [-0.15, -0.1) is 0 Å². The number of benzene rings is 1. The minimum absolute atomic E-state index is 0.0691. The maximum absolute atomic E-state index is 13.4. The molecule has 0 spiro atoms. The number of halogens is 4. The zero-order valence-electron chi connectivity index (χ0n) is 12.3. The number of amides is 2. The fourth-order valence-electron chi connectivity index (χ4n) is 2.07. The highest BCUT2D eigenvalue weighted by atomic mass is 19.4. The van der Waals surface area contributed by atoms with Crippen molar-refractivity contribution in [1.29, 1.82) is 0 Å². The molecule has 1 aromatic carbocycles. The zero-order chi connectivity index (χ0) is 18.1. The number of aromatic nitrogens is 2. The molecule has 6 nitrogen and oxygen atoms in total. The van der Waals surface area contributed by atoms with Gasteiger partial charge in [0.25, 0.3) is 5.91 Å². The number of nitrogens with two attached hydrogens (primary N) is 1. The minimum atomic E-state index is -4.90. The molecule has 10 heteroatoms. The van der Waals surface area contributed by atoms with Crippen LogP contribution in [0.5, 0.6) is 0 Å². The Bertz CT molecular complexity index is 768. The Morgan fingerprint density at radius 1 is 1.25 bits per heavy atom. The van der Waals surface area contributed by atoms with Gasteiger partial charge >= 0.3 is 6.18 Å². The molecule has 0 saturated carbocycles. The molecule has 0 radical (unpaired) electrons. The summed E-state index contributed by atoms with van der Waals surface area (Å²) < 4.78 is 53.6. The van der Waals surface area contributed by atoms with Gasteiger partial charge in [0.05, 0.1) is 24.0 Å². The quantitative estimate of drug-likeness (QED) is 0.855. The van der Waals surface area contributed by atoms with Crippen LogP contribution in [0, 0.1) is 5.82 Å². The van der Waals surface area contributed by atoms with Crippen LogP contribution < -0.4 is 5.73 Å². The molecule has 2 amide bonds. The maximum atomic E-state index is 13.4. The van der Waals surface area contributed by atoms with Crippen molar-refractivity contribution in [2.75, 3.05) is 13.6 Å². The summed E-state index contributed by atoms with van der Waals surface area (Å²) in [5.41, 5.74) is 2.80. The Morgan fingerprint density at radius 2 is 1.83 bits per heavy atom. The molecule has 0 bridgehead atoms. The van der Waals surface area contributed by atoms with Crippen LogP contribution in [0.1, 0.15) is 16.1 Å². The van der Waals surface area contributed by atoms with E-state index in [4.69, 9.17) is 5.73 Å². The van der Waals surface area contributed by atoms with Crippen LogP contribution in [0.3, 0.4) is 0 Å². The number of primary amides is 1. The molecule has 1 aromatic heterocycles. The van der Waals surface area contributed by atoms with E-state index >= 15 is 0 Å². The van der Waals surface area contributed by atoms with Crippen LogP contribution in [0.2, 0.25) is 0 Å². The van der Waals surface area contributed by atoms with E-state index in [1.54, 1.807) is 0 Å². The van der Waals surface area contributed by atoms with Crippen molar-refractivity contribution in [2.24, 2.45) is 5.73 Å². The summed E-state index contributed by atoms with van der Waals surface area (Å²) in [6.07, 6.45) is -4.16. The average molecular weight is 344 g/mol. The Hall–Kier alpha value is -2.91. The Labute approximate surface area is 133 Å². The van der Waals surface area contributed by atoms with E-state index in [1.165, 1.54) is 0 Å². The number of alkyl halides is 3. The molecule has 2 rings (SSSR count). The highest BCUT2D eigenvalue weighted by Gasteiger charge is 2.41. The molecule has 128 valence electrons. The number of rotatable bonds is 4. The summed E-state index contributed by atoms with van der Waals surface area (Å²) in [5, 5.41) is 3.58.